The highest BCUT2D eigenvalue weighted by Crippen LogP contribution is 2.35. The van der Waals surface area contributed by atoms with Crippen LogP contribution in [0, 0.1) is 0 Å². The first-order valence-corrected chi connectivity index (χ1v) is 8.37. The number of carbonyl (C=O) groups is 1. The number of Topliss-reactive ketones (excluding diaryl/α,β-unsaturated/α-hetero) is 1. The molecule has 0 saturated heterocycles. The number of carbonyl (C=O) groups excluding carboxylic acids is 1. The van der Waals surface area contributed by atoms with Gasteiger partial charge >= 0.3 is 0 Å². The first-order chi connectivity index (χ1) is 10.0. The quantitative estimate of drug-likeness (QED) is 0.477. The number of hydrogen-bond acceptors (Lipinski definition) is 2. The Kier molecular flexibility index (Phi) is 5.44. The van der Waals surface area contributed by atoms with Gasteiger partial charge in [-0.15, -0.1) is 0 Å². The summed E-state index contributed by atoms with van der Waals surface area (Å²) in [5, 5.41) is 0. The zero-order valence-electron chi connectivity index (χ0n) is 13.7. The molecule has 1 aliphatic heterocycles. The zero-order chi connectivity index (χ0) is 15.3. The van der Waals surface area contributed by atoms with Gasteiger partial charge in [0.2, 0.25) is 0 Å². The molecule has 0 unspecified atom stereocenters. The summed E-state index contributed by atoms with van der Waals surface area (Å²) in [4.78, 5) is 12.3. The van der Waals surface area contributed by atoms with Crippen molar-refractivity contribution in [1.82, 2.24) is 0 Å². The summed E-state index contributed by atoms with van der Waals surface area (Å²) >= 11 is 0. The molecule has 0 fully saturated rings. The van der Waals surface area contributed by atoms with Gasteiger partial charge in [-0.05, 0) is 44.0 Å². The van der Waals surface area contributed by atoms with Gasteiger partial charge in [0.15, 0.2) is 5.78 Å². The van der Waals surface area contributed by atoms with Gasteiger partial charge in [-0.25, -0.2) is 0 Å². The summed E-state index contributed by atoms with van der Waals surface area (Å²) in [5.74, 6) is 1.22. The maximum absolute atomic E-state index is 12.3. The van der Waals surface area contributed by atoms with Crippen molar-refractivity contribution in [3.63, 3.8) is 0 Å². The molecule has 1 aromatic rings. The third-order valence-corrected chi connectivity index (χ3v) is 4.14. The first kappa shape index (κ1) is 16.1. The number of ketones is 1. The van der Waals surface area contributed by atoms with Crippen LogP contribution in [0.5, 0.6) is 5.75 Å². The average Bonchev–Trinajstić information content (AvgIpc) is 2.75. The van der Waals surface area contributed by atoms with Crippen molar-refractivity contribution in [2.24, 2.45) is 0 Å². The molecule has 0 aromatic heterocycles. The fraction of sp³-hybridized carbons (Fsp3) is 0.632. The smallest absolute Gasteiger partial charge is 0.162 e. The van der Waals surface area contributed by atoms with Crippen molar-refractivity contribution >= 4 is 5.78 Å². The van der Waals surface area contributed by atoms with Crippen molar-refractivity contribution in [1.29, 1.82) is 0 Å². The molecular weight excluding hydrogens is 260 g/mol. The van der Waals surface area contributed by atoms with Crippen LogP contribution < -0.4 is 4.74 Å². The Balaban J connectivity index is 1.82. The van der Waals surface area contributed by atoms with Crippen LogP contribution in [-0.2, 0) is 6.42 Å². The molecule has 0 saturated carbocycles. The summed E-state index contributed by atoms with van der Waals surface area (Å²) in [6.45, 7) is 6.40. The maximum Gasteiger partial charge on any atom is 0.162 e. The molecule has 1 aromatic carbocycles. The summed E-state index contributed by atoms with van der Waals surface area (Å²) < 4.78 is 5.85. The van der Waals surface area contributed by atoms with Crippen LogP contribution in [0.15, 0.2) is 18.2 Å². The second kappa shape index (κ2) is 7.11. The normalized spacial score (nSPS) is 15.6. The van der Waals surface area contributed by atoms with Crippen LogP contribution in [0.2, 0.25) is 0 Å². The molecule has 1 heterocycles. The Morgan fingerprint density at radius 1 is 1.14 bits per heavy atom. The lowest BCUT2D eigenvalue weighted by Gasteiger charge is -2.16. The molecular formula is C19H28O2. The summed E-state index contributed by atoms with van der Waals surface area (Å²) in [6.07, 6.45) is 8.90. The number of benzene rings is 1. The second-order valence-electron chi connectivity index (χ2n) is 6.80. The van der Waals surface area contributed by atoms with Crippen LogP contribution in [0.25, 0.3) is 0 Å². The Hall–Kier alpha value is -1.31. The van der Waals surface area contributed by atoms with E-state index in [4.69, 9.17) is 4.74 Å². The topological polar surface area (TPSA) is 26.3 Å². The predicted molar refractivity (Wildman–Crippen MR) is 87.2 cm³/mol. The lowest BCUT2D eigenvalue weighted by Crippen LogP contribution is -2.24. The molecule has 0 radical (unpaired) electrons. The van der Waals surface area contributed by atoms with E-state index in [0.717, 1.165) is 24.2 Å². The molecule has 0 aliphatic carbocycles. The molecule has 0 bridgehead atoms. The minimum atomic E-state index is -0.136. The van der Waals surface area contributed by atoms with Crippen LogP contribution in [-0.4, -0.2) is 11.4 Å². The molecule has 1 aliphatic rings. The third-order valence-electron chi connectivity index (χ3n) is 4.14. The fourth-order valence-corrected chi connectivity index (χ4v) is 2.99. The predicted octanol–water partition coefficient (Wildman–Crippen LogP) is 5.33. The van der Waals surface area contributed by atoms with Gasteiger partial charge in [-0.1, -0.05) is 39.0 Å². The zero-order valence-corrected chi connectivity index (χ0v) is 13.7. The van der Waals surface area contributed by atoms with Crippen molar-refractivity contribution in [2.45, 2.75) is 77.7 Å². The molecule has 116 valence electrons. The van der Waals surface area contributed by atoms with Gasteiger partial charge in [0.25, 0.3) is 0 Å². The van der Waals surface area contributed by atoms with Crippen LogP contribution in [0.1, 0.15) is 81.6 Å². The van der Waals surface area contributed by atoms with Gasteiger partial charge in [-0.2, -0.15) is 0 Å². The minimum absolute atomic E-state index is 0.136. The van der Waals surface area contributed by atoms with Crippen LogP contribution in [0.3, 0.4) is 0 Å². The van der Waals surface area contributed by atoms with E-state index >= 15 is 0 Å². The number of ether oxygens (including phenoxy) is 1. The molecule has 0 atom stereocenters. The molecule has 0 amide bonds. The minimum Gasteiger partial charge on any atom is -0.487 e. The molecule has 2 rings (SSSR count). The molecule has 2 nitrogen and oxygen atoms in total. The highest BCUT2D eigenvalue weighted by atomic mass is 16.5. The van der Waals surface area contributed by atoms with Gasteiger partial charge in [-0.3, -0.25) is 4.79 Å². The highest BCUT2D eigenvalue weighted by molar-refractivity contribution is 5.96. The van der Waals surface area contributed by atoms with Crippen LogP contribution in [0.4, 0.5) is 0 Å². The van der Waals surface area contributed by atoms with E-state index in [1.165, 1.54) is 37.7 Å². The molecule has 21 heavy (non-hydrogen) atoms. The van der Waals surface area contributed by atoms with Crippen molar-refractivity contribution in [3.05, 3.63) is 29.3 Å². The van der Waals surface area contributed by atoms with E-state index in [1.807, 2.05) is 18.2 Å². The van der Waals surface area contributed by atoms with Gasteiger partial charge in [0, 0.05) is 18.4 Å². The van der Waals surface area contributed by atoms with E-state index in [9.17, 15) is 4.79 Å². The van der Waals surface area contributed by atoms with Crippen LogP contribution >= 0.6 is 0 Å². The summed E-state index contributed by atoms with van der Waals surface area (Å²) in [7, 11) is 0. The number of unbranched alkanes of at least 4 members (excludes halogenated alkanes) is 5. The van der Waals surface area contributed by atoms with Gasteiger partial charge in [0.05, 0.1) is 0 Å². The SMILES string of the molecule is CCCCCCCCC(=O)c1ccc2c(c1)CC(C)(C)O2. The van der Waals surface area contributed by atoms with E-state index in [2.05, 4.69) is 20.8 Å². The Labute approximate surface area is 128 Å². The van der Waals surface area contributed by atoms with E-state index in [0.29, 0.717) is 6.42 Å². The Bertz CT molecular complexity index is 488. The highest BCUT2D eigenvalue weighted by Gasteiger charge is 2.30. The monoisotopic (exact) mass is 288 g/mol. The largest absolute Gasteiger partial charge is 0.487 e. The van der Waals surface area contributed by atoms with Gasteiger partial charge < -0.3 is 4.74 Å². The lowest BCUT2D eigenvalue weighted by molar-refractivity contribution is 0.0979. The summed E-state index contributed by atoms with van der Waals surface area (Å²) in [5.41, 5.74) is 1.89. The molecule has 0 spiro atoms. The number of hydrogen-bond donors (Lipinski definition) is 0. The van der Waals surface area contributed by atoms with E-state index in [1.54, 1.807) is 0 Å². The number of rotatable bonds is 8. The van der Waals surface area contributed by atoms with Crippen molar-refractivity contribution in [2.75, 3.05) is 0 Å². The van der Waals surface area contributed by atoms with E-state index in [-0.39, 0.29) is 11.4 Å². The second-order valence-corrected chi connectivity index (χ2v) is 6.80. The standard InChI is InChI=1S/C19H28O2/c1-4-5-6-7-8-9-10-17(20)15-11-12-18-16(13-15)14-19(2,3)21-18/h11-13H,4-10,14H2,1-3H3. The lowest BCUT2D eigenvalue weighted by atomic mass is 9.97. The third kappa shape index (κ3) is 4.59. The van der Waals surface area contributed by atoms with Crippen molar-refractivity contribution < 1.29 is 9.53 Å². The van der Waals surface area contributed by atoms with Crippen molar-refractivity contribution in [3.8, 4) is 5.75 Å². The Morgan fingerprint density at radius 2 is 1.86 bits per heavy atom. The average molecular weight is 288 g/mol. The maximum atomic E-state index is 12.3. The first-order valence-electron chi connectivity index (χ1n) is 8.37. The van der Waals surface area contributed by atoms with E-state index < -0.39 is 0 Å². The fourth-order valence-electron chi connectivity index (χ4n) is 2.99. The van der Waals surface area contributed by atoms with Gasteiger partial charge in [0.1, 0.15) is 11.4 Å². The number of fused-ring (bicyclic) bond motifs is 1. The Morgan fingerprint density at radius 3 is 2.62 bits per heavy atom. The molecule has 2 heteroatoms. The molecule has 0 N–H and O–H groups in total. The summed E-state index contributed by atoms with van der Waals surface area (Å²) in [6, 6.07) is 5.90.